The first-order valence-corrected chi connectivity index (χ1v) is 7.75. The molecule has 19 heavy (non-hydrogen) atoms. The normalized spacial score (nSPS) is 12.1. The molecule has 2 nitrogen and oxygen atoms in total. The summed E-state index contributed by atoms with van der Waals surface area (Å²) in [6, 6.07) is 12.3. The smallest absolute Gasteiger partial charge is 0.337 e. The van der Waals surface area contributed by atoms with Gasteiger partial charge in [0.1, 0.15) is 6.26 Å². The van der Waals surface area contributed by atoms with Gasteiger partial charge >= 0.3 is 5.97 Å². The molecule has 96 valence electrons. The van der Waals surface area contributed by atoms with E-state index in [0.29, 0.717) is 5.56 Å². The second kappa shape index (κ2) is 4.35. The van der Waals surface area contributed by atoms with Crippen LogP contribution in [0.3, 0.4) is 0 Å². The molecule has 1 aromatic heterocycles. The maximum absolute atomic E-state index is 11.7. The predicted octanol–water partition coefficient (Wildman–Crippen LogP) is 4.37. The second-order valence-electron chi connectivity index (χ2n) is 4.67. The van der Waals surface area contributed by atoms with Crippen molar-refractivity contribution < 1.29 is 9.53 Å². The fraction of sp³-hybridized carbons (Fsp3) is 0.188. The van der Waals surface area contributed by atoms with Gasteiger partial charge in [0.25, 0.3) is 0 Å². The Balaban J connectivity index is 2.47. The highest BCUT2D eigenvalue weighted by Gasteiger charge is 2.21. The van der Waals surface area contributed by atoms with Crippen LogP contribution in [0.1, 0.15) is 15.9 Å². The van der Waals surface area contributed by atoms with Crippen molar-refractivity contribution in [3.63, 3.8) is 0 Å². The molecule has 0 spiro atoms. The summed E-state index contributed by atoms with van der Waals surface area (Å²) < 4.78 is 7.55. The third-order valence-corrected chi connectivity index (χ3v) is 5.68. The van der Waals surface area contributed by atoms with E-state index >= 15 is 0 Å². The number of esters is 1. The average molecular weight is 271 g/mol. The monoisotopic (exact) mass is 271 g/mol. The van der Waals surface area contributed by atoms with Gasteiger partial charge in [0.2, 0.25) is 0 Å². The topological polar surface area (TPSA) is 26.3 Å². The Bertz CT molecular complexity index is 799. The second-order valence-corrected chi connectivity index (χ2v) is 6.54. The Labute approximate surface area is 114 Å². The van der Waals surface area contributed by atoms with E-state index in [1.165, 1.54) is 32.8 Å². The lowest BCUT2D eigenvalue weighted by molar-refractivity contribution is 0.0601. The molecular formula is C16H15O2S+. The largest absolute Gasteiger partial charge is 0.465 e. The van der Waals surface area contributed by atoms with Crippen molar-refractivity contribution in [1.29, 1.82) is 0 Å². The number of thiophene rings is 1. The predicted molar refractivity (Wildman–Crippen MR) is 81.0 cm³/mol. The lowest BCUT2D eigenvalue weighted by atomic mass is 10.1. The number of hydrogen-bond acceptors (Lipinski definition) is 2. The number of hydrogen-bond donors (Lipinski definition) is 0. The molecule has 2 aromatic carbocycles. The van der Waals surface area contributed by atoms with E-state index in [1.807, 2.05) is 18.2 Å². The van der Waals surface area contributed by atoms with Crippen LogP contribution < -0.4 is 0 Å². The molecule has 3 aromatic rings. The van der Waals surface area contributed by atoms with Crippen LogP contribution in [0.15, 0.2) is 36.4 Å². The van der Waals surface area contributed by atoms with E-state index in [9.17, 15) is 4.79 Å². The number of aryl methyl sites for hydroxylation is 2. The Hall–Kier alpha value is -1.87. The van der Waals surface area contributed by atoms with Gasteiger partial charge in [-0.3, -0.25) is 0 Å². The van der Waals surface area contributed by atoms with Gasteiger partial charge in [0.05, 0.1) is 12.7 Å². The van der Waals surface area contributed by atoms with Crippen molar-refractivity contribution in [2.45, 2.75) is 6.92 Å². The average Bonchev–Trinajstić information content (AvgIpc) is 2.72. The Morgan fingerprint density at radius 2 is 1.89 bits per heavy atom. The molecule has 0 aliphatic heterocycles. The Morgan fingerprint density at radius 1 is 1.16 bits per heavy atom. The first-order chi connectivity index (χ1) is 9.13. The van der Waals surface area contributed by atoms with E-state index in [-0.39, 0.29) is 16.4 Å². The number of fused-ring (bicyclic) bond motifs is 3. The molecule has 0 fully saturated rings. The number of rotatable bonds is 1. The van der Waals surface area contributed by atoms with Gasteiger partial charge in [-0.2, -0.15) is 0 Å². The number of methoxy groups -OCH3 is 1. The van der Waals surface area contributed by atoms with Gasteiger partial charge in [-0.15, -0.1) is 0 Å². The highest BCUT2D eigenvalue weighted by molar-refractivity contribution is 7.41. The zero-order valence-corrected chi connectivity index (χ0v) is 12.0. The Kier molecular flexibility index (Phi) is 2.79. The van der Waals surface area contributed by atoms with Crippen molar-refractivity contribution in [3.05, 3.63) is 47.5 Å². The van der Waals surface area contributed by atoms with Crippen molar-refractivity contribution in [3.8, 4) is 0 Å². The molecule has 0 N–H and O–H groups in total. The maximum atomic E-state index is 11.7. The van der Waals surface area contributed by atoms with Crippen LogP contribution in [-0.2, 0) is 11.0 Å². The van der Waals surface area contributed by atoms with Crippen LogP contribution in [0, 0.1) is 6.92 Å². The minimum atomic E-state index is -0.272. The summed E-state index contributed by atoms with van der Waals surface area (Å²) >= 11 is 0. The molecule has 3 heteroatoms. The standard InChI is InChI=1S/C16H15O2S/c1-10-8-11(16(17)18-2)9-13-12-6-4-5-7-14(12)19(3)15(10)13/h4-9H,1-3H3/q+1. The van der Waals surface area contributed by atoms with Crippen LogP contribution in [-0.4, -0.2) is 13.1 Å². The molecule has 0 bridgehead atoms. The summed E-state index contributed by atoms with van der Waals surface area (Å²) in [5.41, 5.74) is 1.80. The van der Waals surface area contributed by atoms with Crippen LogP contribution in [0.25, 0.3) is 20.2 Å². The highest BCUT2D eigenvalue weighted by atomic mass is 32.2. The molecule has 0 amide bonds. The molecule has 0 saturated carbocycles. The van der Waals surface area contributed by atoms with E-state index in [0.717, 1.165) is 0 Å². The quantitative estimate of drug-likeness (QED) is 0.485. The third kappa shape index (κ3) is 1.73. The van der Waals surface area contributed by atoms with Crippen LogP contribution in [0.5, 0.6) is 0 Å². The molecule has 1 heterocycles. The fourth-order valence-corrected chi connectivity index (χ4v) is 4.73. The SMILES string of the molecule is COC(=O)c1cc(C)c2c(c1)c1ccccc1[s+]2C. The molecular weight excluding hydrogens is 256 g/mol. The first kappa shape index (κ1) is 12.2. The van der Waals surface area contributed by atoms with E-state index < -0.39 is 0 Å². The van der Waals surface area contributed by atoms with Gasteiger partial charge < -0.3 is 4.74 Å². The van der Waals surface area contributed by atoms with Crippen LogP contribution in [0.2, 0.25) is 0 Å². The van der Waals surface area contributed by atoms with Gasteiger partial charge in [0.15, 0.2) is 9.40 Å². The summed E-state index contributed by atoms with van der Waals surface area (Å²) in [6.45, 7) is 2.07. The van der Waals surface area contributed by atoms with E-state index in [2.05, 4.69) is 31.4 Å². The molecule has 0 aliphatic rings. The lowest BCUT2D eigenvalue weighted by Gasteiger charge is -2.00. The minimum Gasteiger partial charge on any atom is -0.465 e. The summed E-state index contributed by atoms with van der Waals surface area (Å²) in [5.74, 6) is -0.272. The number of benzene rings is 2. The number of carbonyl (C=O) groups excluding carboxylic acids is 1. The molecule has 0 saturated heterocycles. The lowest BCUT2D eigenvalue weighted by Crippen LogP contribution is -2.01. The van der Waals surface area contributed by atoms with Crippen molar-refractivity contribution >= 4 is 36.6 Å². The third-order valence-electron chi connectivity index (χ3n) is 3.51. The van der Waals surface area contributed by atoms with Crippen LogP contribution >= 0.6 is 10.5 Å². The van der Waals surface area contributed by atoms with Crippen LogP contribution in [0.4, 0.5) is 0 Å². The molecule has 3 rings (SSSR count). The fourth-order valence-electron chi connectivity index (χ4n) is 2.68. The summed E-state index contributed by atoms with van der Waals surface area (Å²) in [6.07, 6.45) is 2.25. The van der Waals surface area contributed by atoms with Gasteiger partial charge in [-0.1, -0.05) is 12.1 Å². The molecule has 1 atom stereocenters. The number of carbonyl (C=O) groups is 1. The van der Waals surface area contributed by atoms with Gasteiger partial charge in [-0.05, 0) is 41.7 Å². The maximum Gasteiger partial charge on any atom is 0.337 e. The van der Waals surface area contributed by atoms with Crippen molar-refractivity contribution in [1.82, 2.24) is 0 Å². The first-order valence-electron chi connectivity index (χ1n) is 6.12. The number of ether oxygens (including phenoxy) is 1. The zero-order valence-electron chi connectivity index (χ0n) is 11.2. The summed E-state index contributed by atoms with van der Waals surface area (Å²) in [4.78, 5) is 11.7. The van der Waals surface area contributed by atoms with Crippen molar-refractivity contribution in [2.24, 2.45) is 6.26 Å². The molecule has 0 aliphatic carbocycles. The molecule has 1 unspecified atom stereocenters. The summed E-state index contributed by atoms with van der Waals surface area (Å²) in [5, 5.41) is 2.43. The zero-order chi connectivity index (χ0) is 13.6. The van der Waals surface area contributed by atoms with Gasteiger partial charge in [0, 0.05) is 16.3 Å². The highest BCUT2D eigenvalue weighted by Crippen LogP contribution is 2.42. The van der Waals surface area contributed by atoms with E-state index in [4.69, 9.17) is 4.74 Å². The minimum absolute atomic E-state index is 0.0901. The summed E-state index contributed by atoms with van der Waals surface area (Å²) in [7, 11) is 1.51. The molecule has 0 radical (unpaired) electrons. The van der Waals surface area contributed by atoms with Gasteiger partial charge in [-0.25, -0.2) is 4.79 Å². The Morgan fingerprint density at radius 3 is 2.63 bits per heavy atom. The van der Waals surface area contributed by atoms with Crippen molar-refractivity contribution in [2.75, 3.05) is 7.11 Å². The van der Waals surface area contributed by atoms with E-state index in [1.54, 1.807) is 0 Å².